The third kappa shape index (κ3) is 3.47. The number of rotatable bonds is 4. The number of nitrogens with one attached hydrogen (secondary N) is 1. The van der Waals surface area contributed by atoms with Crippen molar-refractivity contribution in [1.29, 1.82) is 0 Å². The molecule has 8 heteroatoms. The molecule has 2 unspecified atom stereocenters. The fraction of sp³-hybridized carbons (Fsp3) is 0.444. The Labute approximate surface area is 155 Å². The van der Waals surface area contributed by atoms with Gasteiger partial charge in [0.1, 0.15) is 0 Å². The first-order chi connectivity index (χ1) is 12.6. The van der Waals surface area contributed by atoms with Crippen LogP contribution < -0.4 is 5.32 Å². The van der Waals surface area contributed by atoms with Gasteiger partial charge in [-0.25, -0.2) is 4.98 Å². The molecule has 2 atom stereocenters. The number of anilines is 1. The Morgan fingerprint density at radius 2 is 2.23 bits per heavy atom. The minimum atomic E-state index is -0.242. The predicted octanol–water partition coefficient (Wildman–Crippen LogP) is 3.19. The van der Waals surface area contributed by atoms with E-state index in [0.717, 1.165) is 36.1 Å². The van der Waals surface area contributed by atoms with Gasteiger partial charge in [-0.05, 0) is 38.4 Å². The molecule has 1 saturated heterocycles. The van der Waals surface area contributed by atoms with Gasteiger partial charge in [-0.2, -0.15) is 0 Å². The first-order valence-electron chi connectivity index (χ1n) is 8.80. The number of likely N-dealkylation sites (tertiary alicyclic amines) is 1. The zero-order valence-electron chi connectivity index (χ0n) is 14.8. The Kier molecular flexibility index (Phi) is 4.69. The lowest BCUT2D eigenvalue weighted by molar-refractivity contribution is -0.121. The van der Waals surface area contributed by atoms with Crippen LogP contribution >= 0.6 is 11.3 Å². The number of fused-ring (bicyclic) bond motifs is 1. The summed E-state index contributed by atoms with van der Waals surface area (Å²) in [6, 6.07) is 7.64. The molecule has 4 rings (SSSR count). The predicted molar refractivity (Wildman–Crippen MR) is 100 cm³/mol. The summed E-state index contributed by atoms with van der Waals surface area (Å²) >= 11 is 1.49. The lowest BCUT2D eigenvalue weighted by atomic mass is 9.96. The Morgan fingerprint density at radius 1 is 1.38 bits per heavy atom. The van der Waals surface area contributed by atoms with E-state index in [1.807, 2.05) is 31.2 Å². The first kappa shape index (κ1) is 17.1. The van der Waals surface area contributed by atoms with E-state index in [4.69, 9.17) is 4.42 Å². The summed E-state index contributed by atoms with van der Waals surface area (Å²) in [7, 11) is 0. The number of hydrogen-bond donors (Lipinski definition) is 1. The summed E-state index contributed by atoms with van der Waals surface area (Å²) in [5.41, 5.74) is 0.908. The van der Waals surface area contributed by atoms with E-state index >= 15 is 0 Å². The number of amides is 1. The molecule has 0 spiro atoms. The van der Waals surface area contributed by atoms with Crippen LogP contribution in [0, 0.1) is 6.92 Å². The van der Waals surface area contributed by atoms with Crippen LogP contribution in [0.3, 0.4) is 0 Å². The van der Waals surface area contributed by atoms with Crippen molar-refractivity contribution < 1.29 is 9.21 Å². The highest BCUT2D eigenvalue weighted by Crippen LogP contribution is 2.28. The lowest BCUT2D eigenvalue weighted by Gasteiger charge is -2.34. The Morgan fingerprint density at radius 3 is 3.00 bits per heavy atom. The van der Waals surface area contributed by atoms with Gasteiger partial charge in [-0.3, -0.25) is 9.69 Å². The van der Waals surface area contributed by atoms with Crippen molar-refractivity contribution in [2.24, 2.45) is 0 Å². The number of aryl methyl sites for hydroxylation is 1. The molecule has 2 aromatic heterocycles. The molecular formula is C18H21N5O2S. The van der Waals surface area contributed by atoms with Crippen molar-refractivity contribution in [3.63, 3.8) is 0 Å². The molecule has 1 aromatic carbocycles. The SMILES string of the molecule is Cc1nnc(C2CCCN(C(C)C(=O)Nc3nc4ccccc4s3)C2)o1. The molecule has 3 aromatic rings. The highest BCUT2D eigenvalue weighted by molar-refractivity contribution is 7.22. The molecule has 1 N–H and O–H groups in total. The number of hydrogen-bond acceptors (Lipinski definition) is 7. The number of benzene rings is 1. The molecule has 3 heterocycles. The van der Waals surface area contributed by atoms with E-state index in [1.165, 1.54) is 11.3 Å². The molecular weight excluding hydrogens is 350 g/mol. The molecule has 1 amide bonds. The Bertz CT molecular complexity index is 888. The van der Waals surface area contributed by atoms with E-state index in [-0.39, 0.29) is 17.9 Å². The van der Waals surface area contributed by atoms with Gasteiger partial charge in [0.2, 0.25) is 17.7 Å². The van der Waals surface area contributed by atoms with Crippen LogP contribution in [0.2, 0.25) is 0 Å². The van der Waals surface area contributed by atoms with Crippen LogP contribution in [0.25, 0.3) is 10.2 Å². The third-order valence-corrected chi connectivity index (χ3v) is 5.75. The quantitative estimate of drug-likeness (QED) is 0.758. The van der Waals surface area contributed by atoms with Crippen LogP contribution in [0.15, 0.2) is 28.7 Å². The zero-order chi connectivity index (χ0) is 18.1. The topological polar surface area (TPSA) is 84.2 Å². The van der Waals surface area contributed by atoms with Crippen LogP contribution in [0.4, 0.5) is 5.13 Å². The molecule has 1 aliphatic heterocycles. The summed E-state index contributed by atoms with van der Waals surface area (Å²) < 4.78 is 6.65. The average molecular weight is 371 g/mol. The number of aromatic nitrogens is 3. The van der Waals surface area contributed by atoms with Gasteiger partial charge in [-0.15, -0.1) is 10.2 Å². The maximum Gasteiger partial charge on any atom is 0.243 e. The second-order valence-corrected chi connectivity index (χ2v) is 7.68. The van der Waals surface area contributed by atoms with E-state index in [1.54, 1.807) is 6.92 Å². The second-order valence-electron chi connectivity index (χ2n) is 6.65. The van der Waals surface area contributed by atoms with Gasteiger partial charge in [0.15, 0.2) is 5.13 Å². The molecule has 0 radical (unpaired) electrons. The molecule has 1 aliphatic rings. The van der Waals surface area contributed by atoms with Crippen LogP contribution in [0.5, 0.6) is 0 Å². The first-order valence-corrected chi connectivity index (χ1v) is 9.62. The smallest absolute Gasteiger partial charge is 0.243 e. The fourth-order valence-corrected chi connectivity index (χ4v) is 4.21. The van der Waals surface area contributed by atoms with Gasteiger partial charge in [0, 0.05) is 13.5 Å². The van der Waals surface area contributed by atoms with Gasteiger partial charge < -0.3 is 9.73 Å². The van der Waals surface area contributed by atoms with Gasteiger partial charge in [0.05, 0.1) is 22.2 Å². The number of thiazole rings is 1. The number of carbonyl (C=O) groups is 1. The molecule has 26 heavy (non-hydrogen) atoms. The summed E-state index contributed by atoms with van der Waals surface area (Å²) in [5, 5.41) is 11.7. The van der Waals surface area contributed by atoms with Crippen molar-refractivity contribution in [3.05, 3.63) is 36.0 Å². The maximum absolute atomic E-state index is 12.7. The number of nitrogens with zero attached hydrogens (tertiary/aromatic N) is 4. The largest absolute Gasteiger partial charge is 0.425 e. The van der Waals surface area contributed by atoms with Gasteiger partial charge >= 0.3 is 0 Å². The van der Waals surface area contributed by atoms with E-state index in [9.17, 15) is 4.79 Å². The van der Waals surface area contributed by atoms with Gasteiger partial charge in [0.25, 0.3) is 0 Å². The van der Waals surface area contributed by atoms with E-state index in [2.05, 4.69) is 25.4 Å². The average Bonchev–Trinajstić information content (AvgIpc) is 3.26. The molecule has 1 fully saturated rings. The minimum absolute atomic E-state index is 0.0357. The zero-order valence-corrected chi connectivity index (χ0v) is 15.6. The highest BCUT2D eigenvalue weighted by Gasteiger charge is 2.30. The minimum Gasteiger partial charge on any atom is -0.425 e. The van der Waals surface area contributed by atoms with Crippen LogP contribution in [-0.4, -0.2) is 45.1 Å². The van der Waals surface area contributed by atoms with Crippen molar-refractivity contribution >= 4 is 32.6 Å². The third-order valence-electron chi connectivity index (χ3n) is 4.79. The van der Waals surface area contributed by atoms with E-state index < -0.39 is 0 Å². The van der Waals surface area contributed by atoms with Crippen LogP contribution in [0.1, 0.15) is 37.5 Å². The number of para-hydroxylation sites is 1. The van der Waals surface area contributed by atoms with Crippen molar-refractivity contribution in [2.45, 2.75) is 38.6 Å². The van der Waals surface area contributed by atoms with Crippen molar-refractivity contribution in [3.8, 4) is 0 Å². The second kappa shape index (κ2) is 7.13. The van der Waals surface area contributed by atoms with E-state index in [0.29, 0.717) is 16.9 Å². The monoisotopic (exact) mass is 371 g/mol. The Balaban J connectivity index is 1.42. The highest BCUT2D eigenvalue weighted by atomic mass is 32.1. The van der Waals surface area contributed by atoms with Gasteiger partial charge in [-0.1, -0.05) is 23.5 Å². The molecule has 0 bridgehead atoms. The molecule has 0 aliphatic carbocycles. The lowest BCUT2D eigenvalue weighted by Crippen LogP contribution is -2.46. The Hall–Kier alpha value is -2.32. The normalized spacial score (nSPS) is 19.5. The number of carbonyl (C=O) groups excluding carboxylic acids is 1. The van der Waals surface area contributed by atoms with Crippen molar-refractivity contribution in [1.82, 2.24) is 20.1 Å². The summed E-state index contributed by atoms with van der Waals surface area (Å²) in [6.45, 7) is 5.36. The maximum atomic E-state index is 12.7. The molecule has 7 nitrogen and oxygen atoms in total. The summed E-state index contributed by atoms with van der Waals surface area (Å²) in [4.78, 5) is 19.4. The standard InChI is InChI=1S/C18H21N5O2S/c1-11(16(24)20-18-19-14-7-3-4-8-15(14)26-18)23-9-5-6-13(10-23)17-22-21-12(2)25-17/h3-4,7-8,11,13H,5-6,9-10H2,1-2H3,(H,19,20,24). The fourth-order valence-electron chi connectivity index (χ4n) is 3.34. The molecule has 0 saturated carbocycles. The summed E-state index contributed by atoms with van der Waals surface area (Å²) in [6.07, 6.45) is 2.01. The number of piperidine rings is 1. The summed E-state index contributed by atoms with van der Waals surface area (Å²) in [5.74, 6) is 1.40. The molecule has 136 valence electrons. The van der Waals surface area contributed by atoms with Crippen molar-refractivity contribution in [2.75, 3.05) is 18.4 Å². The van der Waals surface area contributed by atoms with Crippen LogP contribution in [-0.2, 0) is 4.79 Å².